The van der Waals surface area contributed by atoms with Gasteiger partial charge in [0.25, 0.3) is 5.91 Å². The zero-order chi connectivity index (χ0) is 14.4. The highest BCUT2D eigenvalue weighted by Gasteiger charge is 2.32. The Labute approximate surface area is 132 Å². The van der Waals surface area contributed by atoms with Crippen LogP contribution in [-0.2, 0) is 0 Å². The Bertz CT molecular complexity index is 684. The van der Waals surface area contributed by atoms with E-state index in [4.69, 9.17) is 0 Å². The van der Waals surface area contributed by atoms with Crippen molar-refractivity contribution in [1.82, 2.24) is 14.6 Å². The van der Waals surface area contributed by atoms with Gasteiger partial charge in [-0.15, -0.1) is 0 Å². The number of halogens is 1. The lowest BCUT2D eigenvalue weighted by Crippen LogP contribution is -2.47. The number of amides is 1. The molecule has 2 saturated heterocycles. The average Bonchev–Trinajstić information content (AvgIpc) is 3.02. The van der Waals surface area contributed by atoms with Gasteiger partial charge in [-0.3, -0.25) is 4.79 Å². The highest BCUT2D eigenvalue weighted by Crippen LogP contribution is 2.27. The molecule has 0 saturated carbocycles. The average molecular weight is 348 g/mol. The van der Waals surface area contributed by atoms with E-state index in [-0.39, 0.29) is 5.91 Å². The molecule has 0 radical (unpaired) electrons. The Morgan fingerprint density at radius 2 is 2.19 bits per heavy atom. The molecule has 1 unspecified atom stereocenters. The molecule has 0 aromatic carbocycles. The van der Waals surface area contributed by atoms with Crippen molar-refractivity contribution in [2.45, 2.75) is 18.9 Å². The highest BCUT2D eigenvalue weighted by molar-refractivity contribution is 9.10. The number of pyridine rings is 1. The van der Waals surface area contributed by atoms with Crippen LogP contribution in [0.2, 0.25) is 0 Å². The third-order valence-electron chi connectivity index (χ3n) is 4.67. The smallest absolute Gasteiger partial charge is 0.251 e. The molecule has 4 rings (SSSR count). The molecule has 5 heteroatoms. The first kappa shape index (κ1) is 13.3. The van der Waals surface area contributed by atoms with Gasteiger partial charge >= 0.3 is 0 Å². The second-order valence-electron chi connectivity index (χ2n) is 6.19. The maximum absolute atomic E-state index is 12.4. The third kappa shape index (κ3) is 2.49. The molecule has 0 aliphatic carbocycles. The summed E-state index contributed by atoms with van der Waals surface area (Å²) < 4.78 is 3.02. The highest BCUT2D eigenvalue weighted by atomic mass is 79.9. The van der Waals surface area contributed by atoms with Gasteiger partial charge in [-0.25, -0.2) is 0 Å². The summed E-state index contributed by atoms with van der Waals surface area (Å²) in [6.45, 7) is 3.42. The first-order valence-corrected chi connectivity index (χ1v) is 8.28. The standard InChI is InChI=1S/C16H18BrN3O/c17-15-2-1-14-8-12(4-6-20(14)15)16(21)18-13-7-11-3-5-19(9-11)10-13/h1-2,4,6,8,11,13H,3,5,7,9-10H2,(H,18,21)/t11-,13+/m0/s1. The minimum Gasteiger partial charge on any atom is -0.348 e. The molecule has 21 heavy (non-hydrogen) atoms. The Hall–Kier alpha value is -1.33. The van der Waals surface area contributed by atoms with Gasteiger partial charge in [0, 0.05) is 36.4 Å². The van der Waals surface area contributed by atoms with E-state index in [9.17, 15) is 4.79 Å². The van der Waals surface area contributed by atoms with E-state index in [1.165, 1.54) is 19.5 Å². The number of rotatable bonds is 2. The lowest BCUT2D eigenvalue weighted by atomic mass is 9.96. The van der Waals surface area contributed by atoms with E-state index < -0.39 is 0 Å². The Morgan fingerprint density at radius 3 is 3.05 bits per heavy atom. The lowest BCUT2D eigenvalue weighted by Gasteiger charge is -2.30. The number of aromatic nitrogens is 1. The summed E-state index contributed by atoms with van der Waals surface area (Å²) in [6, 6.07) is 8.12. The van der Waals surface area contributed by atoms with E-state index in [0.29, 0.717) is 6.04 Å². The van der Waals surface area contributed by atoms with Crippen molar-refractivity contribution >= 4 is 27.4 Å². The van der Waals surface area contributed by atoms with Crippen LogP contribution in [0.25, 0.3) is 5.52 Å². The van der Waals surface area contributed by atoms with Crippen molar-refractivity contribution in [2.75, 3.05) is 19.6 Å². The zero-order valence-electron chi connectivity index (χ0n) is 11.8. The fourth-order valence-electron chi connectivity index (χ4n) is 3.65. The van der Waals surface area contributed by atoms with Crippen molar-refractivity contribution in [3.63, 3.8) is 0 Å². The summed E-state index contributed by atoms with van der Waals surface area (Å²) in [6.07, 6.45) is 4.35. The zero-order valence-corrected chi connectivity index (χ0v) is 13.3. The van der Waals surface area contributed by atoms with E-state index in [2.05, 4.69) is 26.1 Å². The van der Waals surface area contributed by atoms with Crippen molar-refractivity contribution in [2.24, 2.45) is 5.92 Å². The Balaban J connectivity index is 1.50. The van der Waals surface area contributed by atoms with Crippen LogP contribution in [0.1, 0.15) is 23.2 Å². The molecular weight excluding hydrogens is 330 g/mol. The first-order chi connectivity index (χ1) is 10.2. The number of hydrogen-bond donors (Lipinski definition) is 1. The summed E-state index contributed by atoms with van der Waals surface area (Å²) in [4.78, 5) is 14.9. The minimum absolute atomic E-state index is 0.0438. The van der Waals surface area contributed by atoms with Crippen LogP contribution in [0.3, 0.4) is 0 Å². The Kier molecular flexibility index (Phi) is 3.27. The number of piperidine rings is 1. The number of nitrogens with one attached hydrogen (secondary N) is 1. The van der Waals surface area contributed by atoms with Gasteiger partial charge in [-0.05, 0) is 65.5 Å². The molecule has 1 amide bonds. The van der Waals surface area contributed by atoms with Crippen molar-refractivity contribution in [3.05, 3.63) is 40.6 Å². The second-order valence-corrected chi connectivity index (χ2v) is 7.00. The summed E-state index contributed by atoms with van der Waals surface area (Å²) in [5, 5.41) is 3.21. The van der Waals surface area contributed by atoms with Gasteiger partial charge in [0.2, 0.25) is 0 Å². The van der Waals surface area contributed by atoms with Gasteiger partial charge in [0.15, 0.2) is 0 Å². The molecule has 3 atom stereocenters. The van der Waals surface area contributed by atoms with Gasteiger partial charge in [-0.1, -0.05) is 0 Å². The molecule has 2 aliphatic rings. The topological polar surface area (TPSA) is 36.8 Å². The van der Waals surface area contributed by atoms with Crippen molar-refractivity contribution in [1.29, 1.82) is 0 Å². The lowest BCUT2D eigenvalue weighted by molar-refractivity contribution is 0.0909. The SMILES string of the molecule is O=C(N[C@@H]1C[C@@H]2CCN(C2)C1)c1ccn2c(Br)ccc2c1. The summed E-state index contributed by atoms with van der Waals surface area (Å²) >= 11 is 3.49. The molecule has 1 N–H and O–H groups in total. The maximum Gasteiger partial charge on any atom is 0.251 e. The molecule has 2 aromatic heterocycles. The molecule has 2 bridgehead atoms. The molecule has 2 aliphatic heterocycles. The molecule has 0 spiro atoms. The van der Waals surface area contributed by atoms with Crippen LogP contribution < -0.4 is 5.32 Å². The molecule has 110 valence electrons. The summed E-state index contributed by atoms with van der Waals surface area (Å²) in [5.41, 5.74) is 1.77. The molecule has 4 heterocycles. The van der Waals surface area contributed by atoms with Crippen LogP contribution in [0, 0.1) is 5.92 Å². The number of hydrogen-bond acceptors (Lipinski definition) is 2. The van der Waals surface area contributed by atoms with Crippen molar-refractivity contribution in [3.8, 4) is 0 Å². The minimum atomic E-state index is 0.0438. The number of carbonyl (C=O) groups is 1. The van der Waals surface area contributed by atoms with E-state index in [1.54, 1.807) is 0 Å². The van der Waals surface area contributed by atoms with Gasteiger partial charge in [-0.2, -0.15) is 0 Å². The number of carbonyl (C=O) groups excluding carboxylic acids is 1. The van der Waals surface area contributed by atoms with Gasteiger partial charge < -0.3 is 14.6 Å². The van der Waals surface area contributed by atoms with Crippen LogP contribution in [0.15, 0.2) is 35.1 Å². The quantitative estimate of drug-likeness (QED) is 0.906. The second kappa shape index (κ2) is 5.14. The van der Waals surface area contributed by atoms with Gasteiger partial charge in [0.05, 0.1) is 4.60 Å². The summed E-state index contributed by atoms with van der Waals surface area (Å²) in [5.74, 6) is 0.815. The predicted molar refractivity (Wildman–Crippen MR) is 85.5 cm³/mol. The van der Waals surface area contributed by atoms with Crippen molar-refractivity contribution < 1.29 is 4.79 Å². The first-order valence-electron chi connectivity index (χ1n) is 7.49. The Morgan fingerprint density at radius 1 is 1.29 bits per heavy atom. The molecule has 2 fully saturated rings. The predicted octanol–water partition coefficient (Wildman–Crippen LogP) is 2.53. The fourth-order valence-corrected chi connectivity index (χ4v) is 4.10. The molecule has 2 aromatic rings. The van der Waals surface area contributed by atoms with Crippen LogP contribution >= 0.6 is 15.9 Å². The summed E-state index contributed by atoms with van der Waals surface area (Å²) in [7, 11) is 0. The maximum atomic E-state index is 12.4. The molecule has 4 nitrogen and oxygen atoms in total. The van der Waals surface area contributed by atoms with Crippen LogP contribution in [0.4, 0.5) is 0 Å². The van der Waals surface area contributed by atoms with Crippen LogP contribution in [-0.4, -0.2) is 40.9 Å². The largest absolute Gasteiger partial charge is 0.348 e. The van der Waals surface area contributed by atoms with Gasteiger partial charge in [0.1, 0.15) is 0 Å². The normalized spacial score (nSPS) is 28.0. The third-order valence-corrected chi connectivity index (χ3v) is 5.32. The number of nitrogens with zero attached hydrogens (tertiary/aromatic N) is 2. The number of fused-ring (bicyclic) bond motifs is 3. The van der Waals surface area contributed by atoms with Crippen LogP contribution in [0.5, 0.6) is 0 Å². The fraction of sp³-hybridized carbons (Fsp3) is 0.438. The van der Waals surface area contributed by atoms with E-state index in [1.807, 2.05) is 34.9 Å². The molecular formula is C16H18BrN3O. The monoisotopic (exact) mass is 347 g/mol. The van der Waals surface area contributed by atoms with E-state index in [0.717, 1.165) is 34.6 Å². The van der Waals surface area contributed by atoms with E-state index >= 15 is 0 Å².